The van der Waals surface area contributed by atoms with Gasteiger partial charge in [0.1, 0.15) is 5.82 Å². The Balaban J connectivity index is 1.90. The van der Waals surface area contributed by atoms with E-state index in [-0.39, 0.29) is 10.8 Å². The van der Waals surface area contributed by atoms with Gasteiger partial charge in [-0.1, -0.05) is 36.6 Å². The van der Waals surface area contributed by atoms with Crippen LogP contribution >= 0.6 is 23.4 Å². The van der Waals surface area contributed by atoms with Crippen molar-refractivity contribution in [1.82, 2.24) is 5.32 Å². The Morgan fingerprint density at radius 1 is 1.39 bits per heavy atom. The maximum atomic E-state index is 13.3. The number of rotatable bonds is 5. The van der Waals surface area contributed by atoms with E-state index in [1.807, 2.05) is 17.8 Å². The first-order valence-electron chi connectivity index (χ1n) is 6.36. The normalized spacial score (nSPS) is 18.2. The molecule has 1 aliphatic rings. The highest BCUT2D eigenvalue weighted by molar-refractivity contribution is 8.00. The van der Waals surface area contributed by atoms with Crippen LogP contribution in [-0.4, -0.2) is 17.5 Å². The molecule has 0 amide bonds. The third-order valence-corrected chi connectivity index (χ3v) is 5.58. The smallest absolute Gasteiger partial charge is 0.142 e. The molecule has 18 heavy (non-hydrogen) atoms. The first-order valence-corrected chi connectivity index (χ1v) is 7.96. The number of nitrogens with one attached hydrogen (secondary N) is 1. The van der Waals surface area contributed by atoms with Crippen LogP contribution in [0.5, 0.6) is 0 Å². The zero-order valence-electron chi connectivity index (χ0n) is 10.6. The van der Waals surface area contributed by atoms with Gasteiger partial charge >= 0.3 is 0 Å². The van der Waals surface area contributed by atoms with Crippen molar-refractivity contribution < 1.29 is 4.39 Å². The van der Waals surface area contributed by atoms with Gasteiger partial charge in [0.25, 0.3) is 0 Å². The van der Waals surface area contributed by atoms with Crippen molar-refractivity contribution in [2.45, 2.75) is 37.0 Å². The van der Waals surface area contributed by atoms with Crippen molar-refractivity contribution in [3.05, 3.63) is 34.6 Å². The highest BCUT2D eigenvalue weighted by Crippen LogP contribution is 2.39. The Kier molecular flexibility index (Phi) is 4.93. The highest BCUT2D eigenvalue weighted by atomic mass is 35.5. The molecule has 0 spiro atoms. The summed E-state index contributed by atoms with van der Waals surface area (Å²) in [4.78, 5) is 0. The fourth-order valence-corrected chi connectivity index (χ4v) is 3.72. The molecule has 0 radical (unpaired) electrons. The Morgan fingerprint density at radius 2 is 2.11 bits per heavy atom. The minimum Gasteiger partial charge on any atom is -0.311 e. The molecule has 0 aromatic heterocycles. The molecule has 1 nitrogen and oxygen atoms in total. The molecule has 0 unspecified atom stereocenters. The van der Waals surface area contributed by atoms with Crippen molar-refractivity contribution in [2.75, 3.05) is 12.8 Å². The second kappa shape index (κ2) is 6.27. The SMILES string of the molecule is CSC1(CNCc2cccc(F)c2Cl)CCCC1. The van der Waals surface area contributed by atoms with Crippen molar-refractivity contribution in [3.8, 4) is 0 Å². The molecule has 1 fully saturated rings. The van der Waals surface area contributed by atoms with E-state index in [1.165, 1.54) is 31.7 Å². The van der Waals surface area contributed by atoms with Gasteiger partial charge in [0, 0.05) is 17.8 Å². The summed E-state index contributed by atoms with van der Waals surface area (Å²) in [5.41, 5.74) is 0.839. The summed E-state index contributed by atoms with van der Waals surface area (Å²) in [6.07, 6.45) is 7.38. The van der Waals surface area contributed by atoms with Gasteiger partial charge < -0.3 is 5.32 Å². The standard InChI is InChI=1S/C14H19ClFNS/c1-18-14(7-2-3-8-14)10-17-9-11-5-4-6-12(16)13(11)15/h4-6,17H,2-3,7-10H2,1H3. The van der Waals surface area contributed by atoms with E-state index in [0.29, 0.717) is 11.3 Å². The van der Waals surface area contributed by atoms with E-state index in [9.17, 15) is 4.39 Å². The van der Waals surface area contributed by atoms with E-state index < -0.39 is 0 Å². The number of thioether (sulfide) groups is 1. The highest BCUT2D eigenvalue weighted by Gasteiger charge is 2.32. The maximum absolute atomic E-state index is 13.3. The Morgan fingerprint density at radius 3 is 2.78 bits per heavy atom. The Hall–Kier alpha value is -0.250. The second-order valence-electron chi connectivity index (χ2n) is 4.91. The zero-order chi connectivity index (χ0) is 13.0. The van der Waals surface area contributed by atoms with Gasteiger partial charge in [0.05, 0.1) is 5.02 Å². The predicted octanol–water partition coefficient (Wildman–Crippen LogP) is 4.24. The lowest BCUT2D eigenvalue weighted by atomic mass is 10.1. The van der Waals surface area contributed by atoms with Crippen LogP contribution in [0.1, 0.15) is 31.2 Å². The molecule has 0 saturated heterocycles. The lowest BCUT2D eigenvalue weighted by Crippen LogP contribution is -2.34. The van der Waals surface area contributed by atoms with Crippen LogP contribution in [0.2, 0.25) is 5.02 Å². The van der Waals surface area contributed by atoms with Crippen molar-refractivity contribution in [3.63, 3.8) is 0 Å². The third kappa shape index (κ3) is 3.19. The maximum Gasteiger partial charge on any atom is 0.142 e. The van der Waals surface area contributed by atoms with E-state index in [0.717, 1.165) is 12.1 Å². The first-order chi connectivity index (χ1) is 8.67. The average Bonchev–Trinajstić information content (AvgIpc) is 2.84. The van der Waals surface area contributed by atoms with Gasteiger partial charge in [0.2, 0.25) is 0 Å². The lowest BCUT2D eigenvalue weighted by Gasteiger charge is -2.27. The summed E-state index contributed by atoms with van der Waals surface area (Å²) in [6, 6.07) is 4.98. The largest absolute Gasteiger partial charge is 0.311 e. The fraction of sp³-hybridized carbons (Fsp3) is 0.571. The molecule has 1 aromatic carbocycles. The Bertz CT molecular complexity index is 405. The molecular weight excluding hydrogens is 269 g/mol. The molecule has 0 aliphatic heterocycles. The van der Waals surface area contributed by atoms with E-state index in [4.69, 9.17) is 11.6 Å². The minimum atomic E-state index is -0.337. The second-order valence-corrected chi connectivity index (χ2v) is 6.56. The number of hydrogen-bond donors (Lipinski definition) is 1. The zero-order valence-corrected chi connectivity index (χ0v) is 12.2. The van der Waals surface area contributed by atoms with Gasteiger partial charge in [-0.25, -0.2) is 4.39 Å². The molecule has 1 N–H and O–H groups in total. The van der Waals surface area contributed by atoms with E-state index in [1.54, 1.807) is 6.07 Å². The van der Waals surface area contributed by atoms with Crippen LogP contribution in [-0.2, 0) is 6.54 Å². The van der Waals surface area contributed by atoms with Gasteiger partial charge in [-0.05, 0) is 30.7 Å². The summed E-state index contributed by atoms with van der Waals surface area (Å²) < 4.78 is 13.7. The molecule has 2 rings (SSSR count). The van der Waals surface area contributed by atoms with E-state index >= 15 is 0 Å². The van der Waals surface area contributed by atoms with Crippen molar-refractivity contribution >= 4 is 23.4 Å². The van der Waals surface area contributed by atoms with E-state index in [2.05, 4.69) is 11.6 Å². The van der Waals surface area contributed by atoms with Crippen molar-refractivity contribution in [1.29, 1.82) is 0 Å². The minimum absolute atomic E-state index is 0.245. The Labute approximate surface area is 117 Å². The molecule has 1 saturated carbocycles. The van der Waals surface area contributed by atoms with Gasteiger partial charge in [0.15, 0.2) is 0 Å². The molecule has 0 bridgehead atoms. The molecule has 0 atom stereocenters. The van der Waals surface area contributed by atoms with Crippen LogP contribution in [0.3, 0.4) is 0 Å². The summed E-state index contributed by atoms with van der Waals surface area (Å²) in [6.45, 7) is 1.61. The summed E-state index contributed by atoms with van der Waals surface area (Å²) >= 11 is 7.89. The predicted molar refractivity (Wildman–Crippen MR) is 77.8 cm³/mol. The average molecular weight is 288 g/mol. The lowest BCUT2D eigenvalue weighted by molar-refractivity contribution is 0.532. The topological polar surface area (TPSA) is 12.0 Å². The van der Waals surface area contributed by atoms with Gasteiger partial charge in [-0.3, -0.25) is 0 Å². The molecule has 100 valence electrons. The number of halogens is 2. The van der Waals surface area contributed by atoms with Crippen LogP contribution in [0, 0.1) is 5.82 Å². The number of benzene rings is 1. The first kappa shape index (κ1) is 14.2. The van der Waals surface area contributed by atoms with Crippen LogP contribution in [0.4, 0.5) is 4.39 Å². The summed E-state index contributed by atoms with van der Waals surface area (Å²) in [5.74, 6) is -0.337. The van der Waals surface area contributed by atoms with Gasteiger partial charge in [-0.2, -0.15) is 11.8 Å². The molecule has 4 heteroatoms. The van der Waals surface area contributed by atoms with Crippen LogP contribution in [0.15, 0.2) is 18.2 Å². The fourth-order valence-electron chi connectivity index (χ4n) is 2.58. The molecule has 1 aliphatic carbocycles. The molecule has 0 heterocycles. The third-order valence-electron chi connectivity index (χ3n) is 3.74. The quantitative estimate of drug-likeness (QED) is 0.869. The summed E-state index contributed by atoms with van der Waals surface area (Å²) in [7, 11) is 0. The van der Waals surface area contributed by atoms with Crippen LogP contribution in [0.25, 0.3) is 0 Å². The summed E-state index contributed by atoms with van der Waals surface area (Å²) in [5, 5.41) is 3.68. The van der Waals surface area contributed by atoms with Crippen LogP contribution < -0.4 is 5.32 Å². The number of hydrogen-bond acceptors (Lipinski definition) is 2. The van der Waals surface area contributed by atoms with Crippen molar-refractivity contribution in [2.24, 2.45) is 0 Å². The monoisotopic (exact) mass is 287 g/mol. The molecular formula is C14H19ClFNS. The molecule has 1 aromatic rings. The van der Waals surface area contributed by atoms with Gasteiger partial charge in [-0.15, -0.1) is 0 Å².